The van der Waals surface area contributed by atoms with E-state index in [0.29, 0.717) is 27.9 Å². The number of pyridine rings is 1. The van der Waals surface area contributed by atoms with Crippen molar-refractivity contribution in [3.8, 4) is 16.5 Å². The van der Waals surface area contributed by atoms with Gasteiger partial charge >= 0.3 is 0 Å². The van der Waals surface area contributed by atoms with Crippen molar-refractivity contribution in [2.45, 2.75) is 34.2 Å². The van der Waals surface area contributed by atoms with Crippen LogP contribution in [0.4, 0.5) is 0 Å². The lowest BCUT2D eigenvalue weighted by Gasteiger charge is -2.12. The van der Waals surface area contributed by atoms with Crippen molar-refractivity contribution in [2.75, 3.05) is 7.11 Å². The first-order valence-corrected chi connectivity index (χ1v) is 9.03. The Balaban J connectivity index is 1.76. The molecule has 3 aromatic heterocycles. The third-order valence-electron chi connectivity index (χ3n) is 4.12. The van der Waals surface area contributed by atoms with Crippen LogP contribution in [0.2, 0.25) is 0 Å². The Kier molecular flexibility index (Phi) is 5.08. The van der Waals surface area contributed by atoms with Crippen molar-refractivity contribution in [3.63, 3.8) is 0 Å². The molecule has 0 aliphatic carbocycles. The quantitative estimate of drug-likeness (QED) is 0.734. The molecular formula is C19H21N3O3S. The van der Waals surface area contributed by atoms with Crippen LogP contribution in [-0.4, -0.2) is 23.0 Å². The molecule has 0 radical (unpaired) electrons. The number of aryl methyl sites for hydroxylation is 3. The maximum absolute atomic E-state index is 12.6. The average Bonchev–Trinajstić information content (AvgIpc) is 3.20. The number of ether oxygens (including phenoxy) is 1. The second-order valence-electron chi connectivity index (χ2n) is 6.07. The summed E-state index contributed by atoms with van der Waals surface area (Å²) >= 11 is 1.32. The summed E-state index contributed by atoms with van der Waals surface area (Å²) in [5.41, 5.74) is 3.37. The van der Waals surface area contributed by atoms with Crippen molar-refractivity contribution in [2.24, 2.45) is 0 Å². The molecule has 3 rings (SSSR count). The van der Waals surface area contributed by atoms with Crippen molar-refractivity contribution in [1.29, 1.82) is 0 Å². The lowest BCUT2D eigenvalue weighted by atomic mass is 10.1. The van der Waals surface area contributed by atoms with Crippen LogP contribution in [0, 0.1) is 27.7 Å². The minimum absolute atomic E-state index is 0.171. The number of thiazole rings is 1. The SMILES string of the molecule is COc1c(C)cnc(CNC(=O)c2sc(-c3ccc(C)o3)nc2C)c1C. The molecule has 3 aromatic rings. The number of carbonyl (C=O) groups excluding carboxylic acids is 1. The first-order valence-electron chi connectivity index (χ1n) is 8.22. The van der Waals surface area contributed by atoms with Gasteiger partial charge in [-0.3, -0.25) is 9.78 Å². The van der Waals surface area contributed by atoms with E-state index in [1.165, 1.54) is 11.3 Å². The number of furan rings is 1. The smallest absolute Gasteiger partial charge is 0.263 e. The van der Waals surface area contributed by atoms with Gasteiger partial charge in [-0.15, -0.1) is 11.3 Å². The lowest BCUT2D eigenvalue weighted by Crippen LogP contribution is -2.23. The number of amides is 1. The molecule has 6 nitrogen and oxygen atoms in total. The third kappa shape index (κ3) is 3.48. The zero-order valence-electron chi connectivity index (χ0n) is 15.5. The Morgan fingerprint density at radius 1 is 1.27 bits per heavy atom. The largest absolute Gasteiger partial charge is 0.496 e. The molecule has 0 bridgehead atoms. The molecule has 1 amide bonds. The van der Waals surface area contributed by atoms with Crippen LogP contribution in [0.5, 0.6) is 5.75 Å². The normalized spacial score (nSPS) is 10.8. The number of methoxy groups -OCH3 is 1. The molecule has 7 heteroatoms. The van der Waals surface area contributed by atoms with E-state index in [9.17, 15) is 4.79 Å². The number of hydrogen-bond acceptors (Lipinski definition) is 6. The predicted octanol–water partition coefficient (Wildman–Crippen LogP) is 3.97. The van der Waals surface area contributed by atoms with Crippen molar-refractivity contribution in [1.82, 2.24) is 15.3 Å². The lowest BCUT2D eigenvalue weighted by molar-refractivity contribution is 0.0953. The second kappa shape index (κ2) is 7.29. The molecule has 0 fully saturated rings. The molecular weight excluding hydrogens is 350 g/mol. The van der Waals surface area contributed by atoms with Gasteiger partial charge in [-0.1, -0.05) is 0 Å². The van der Waals surface area contributed by atoms with Gasteiger partial charge in [0, 0.05) is 17.3 Å². The standard InChI is InChI=1S/C19H21N3O3S/c1-10-8-20-14(12(3)16(10)24-5)9-21-18(23)17-13(4)22-19(26-17)15-7-6-11(2)25-15/h6-8H,9H2,1-5H3,(H,21,23). The van der Waals surface area contributed by atoms with Crippen LogP contribution in [0.25, 0.3) is 10.8 Å². The second-order valence-corrected chi connectivity index (χ2v) is 7.07. The fourth-order valence-electron chi connectivity index (χ4n) is 2.76. The Morgan fingerprint density at radius 3 is 2.69 bits per heavy atom. The predicted molar refractivity (Wildman–Crippen MR) is 101 cm³/mol. The highest BCUT2D eigenvalue weighted by atomic mass is 32.1. The highest BCUT2D eigenvalue weighted by molar-refractivity contribution is 7.17. The molecule has 3 heterocycles. The molecule has 0 unspecified atom stereocenters. The average molecular weight is 371 g/mol. The van der Waals surface area contributed by atoms with E-state index in [2.05, 4.69) is 15.3 Å². The molecule has 0 saturated heterocycles. The Hall–Kier alpha value is -2.67. The number of carbonyl (C=O) groups is 1. The third-order valence-corrected chi connectivity index (χ3v) is 5.29. The summed E-state index contributed by atoms with van der Waals surface area (Å²) in [6.45, 7) is 7.91. The number of aromatic nitrogens is 2. The first kappa shape index (κ1) is 18.1. The van der Waals surface area contributed by atoms with E-state index >= 15 is 0 Å². The fourth-order valence-corrected chi connectivity index (χ4v) is 3.70. The van der Waals surface area contributed by atoms with Crippen LogP contribution in [-0.2, 0) is 6.54 Å². The Labute approximate surface area is 156 Å². The summed E-state index contributed by atoms with van der Waals surface area (Å²) < 4.78 is 11.0. The summed E-state index contributed by atoms with van der Waals surface area (Å²) in [6.07, 6.45) is 1.75. The van der Waals surface area contributed by atoms with Gasteiger partial charge in [0.2, 0.25) is 0 Å². The zero-order chi connectivity index (χ0) is 18.8. The fraction of sp³-hybridized carbons (Fsp3) is 0.316. The van der Waals surface area contributed by atoms with Crippen LogP contribution < -0.4 is 10.1 Å². The number of nitrogens with zero attached hydrogens (tertiary/aromatic N) is 2. The number of rotatable bonds is 5. The Morgan fingerprint density at radius 2 is 2.04 bits per heavy atom. The van der Waals surface area contributed by atoms with Gasteiger partial charge in [-0.2, -0.15) is 0 Å². The molecule has 0 atom stereocenters. The van der Waals surface area contributed by atoms with Crippen LogP contribution in [0.3, 0.4) is 0 Å². The molecule has 0 aromatic carbocycles. The minimum Gasteiger partial charge on any atom is -0.496 e. The summed E-state index contributed by atoms with van der Waals surface area (Å²) in [5, 5.41) is 3.62. The topological polar surface area (TPSA) is 77.2 Å². The van der Waals surface area contributed by atoms with E-state index in [0.717, 1.165) is 28.3 Å². The monoisotopic (exact) mass is 371 g/mol. The van der Waals surface area contributed by atoms with E-state index < -0.39 is 0 Å². The van der Waals surface area contributed by atoms with E-state index in [-0.39, 0.29) is 5.91 Å². The van der Waals surface area contributed by atoms with Crippen LogP contribution in [0.1, 0.15) is 37.9 Å². The maximum Gasteiger partial charge on any atom is 0.263 e. The minimum atomic E-state index is -0.171. The molecule has 0 aliphatic rings. The van der Waals surface area contributed by atoms with Crippen molar-refractivity contribution >= 4 is 17.2 Å². The number of hydrogen-bond donors (Lipinski definition) is 1. The van der Waals surface area contributed by atoms with E-state index in [4.69, 9.17) is 9.15 Å². The van der Waals surface area contributed by atoms with Gasteiger partial charge in [0.15, 0.2) is 10.8 Å². The zero-order valence-corrected chi connectivity index (χ0v) is 16.3. The summed E-state index contributed by atoms with van der Waals surface area (Å²) in [6, 6.07) is 3.74. The molecule has 0 saturated carbocycles. The highest BCUT2D eigenvalue weighted by Gasteiger charge is 2.18. The van der Waals surface area contributed by atoms with Gasteiger partial charge in [0.05, 0.1) is 25.0 Å². The summed E-state index contributed by atoms with van der Waals surface area (Å²) in [7, 11) is 1.64. The molecule has 0 spiro atoms. The molecule has 1 N–H and O–H groups in total. The summed E-state index contributed by atoms with van der Waals surface area (Å²) in [4.78, 5) is 22.0. The molecule has 26 heavy (non-hydrogen) atoms. The van der Waals surface area contributed by atoms with Crippen molar-refractivity contribution < 1.29 is 13.9 Å². The van der Waals surface area contributed by atoms with Gasteiger partial charge in [-0.05, 0) is 39.8 Å². The van der Waals surface area contributed by atoms with Gasteiger partial charge in [0.25, 0.3) is 5.91 Å². The van der Waals surface area contributed by atoms with Crippen LogP contribution >= 0.6 is 11.3 Å². The van der Waals surface area contributed by atoms with Gasteiger partial charge in [0.1, 0.15) is 16.4 Å². The summed E-state index contributed by atoms with van der Waals surface area (Å²) in [5.74, 6) is 2.12. The van der Waals surface area contributed by atoms with Crippen LogP contribution in [0.15, 0.2) is 22.7 Å². The van der Waals surface area contributed by atoms with Gasteiger partial charge in [-0.25, -0.2) is 4.98 Å². The highest BCUT2D eigenvalue weighted by Crippen LogP contribution is 2.29. The van der Waals surface area contributed by atoms with E-state index in [1.54, 1.807) is 13.3 Å². The molecule has 0 aliphatic heterocycles. The van der Waals surface area contributed by atoms with Crippen molar-refractivity contribution in [3.05, 3.63) is 51.5 Å². The van der Waals surface area contributed by atoms with Gasteiger partial charge < -0.3 is 14.5 Å². The maximum atomic E-state index is 12.6. The first-order chi connectivity index (χ1) is 12.4. The van der Waals surface area contributed by atoms with E-state index in [1.807, 2.05) is 39.8 Å². The molecule has 136 valence electrons. The Bertz CT molecular complexity index is 959. The number of nitrogens with one attached hydrogen (secondary N) is 1.